The minimum atomic E-state index is -2.78. The Morgan fingerprint density at radius 3 is 2.59 bits per heavy atom. The molecule has 3 heterocycles. The van der Waals surface area contributed by atoms with Gasteiger partial charge in [0.05, 0.1) is 24.0 Å². The molecular formula is C24H29N9O4. The number of aromatic nitrogens is 5. The van der Waals surface area contributed by atoms with E-state index in [1.807, 2.05) is 5.32 Å². The Morgan fingerprint density at radius 1 is 1.19 bits per heavy atom. The van der Waals surface area contributed by atoms with Crippen LogP contribution in [0.5, 0.6) is 5.75 Å². The van der Waals surface area contributed by atoms with E-state index in [9.17, 15) is 14.4 Å². The zero-order valence-electron chi connectivity index (χ0n) is 22.5. The van der Waals surface area contributed by atoms with Crippen LogP contribution in [-0.4, -0.2) is 63.3 Å². The number of β-lactam (4-membered cyclic amide) rings is 1. The second-order valence-corrected chi connectivity index (χ2v) is 8.45. The predicted molar refractivity (Wildman–Crippen MR) is 137 cm³/mol. The summed E-state index contributed by atoms with van der Waals surface area (Å²) in [5.74, 6) is -0.725. The Hall–Kier alpha value is -4.55. The van der Waals surface area contributed by atoms with Gasteiger partial charge in [-0.25, -0.2) is 4.98 Å². The van der Waals surface area contributed by atoms with E-state index in [0.29, 0.717) is 41.5 Å². The lowest BCUT2D eigenvalue weighted by molar-refractivity contribution is -0.122. The first-order chi connectivity index (χ1) is 18.5. The van der Waals surface area contributed by atoms with Crippen LogP contribution in [0.4, 0.5) is 22.9 Å². The molecule has 3 amide bonds. The lowest BCUT2D eigenvalue weighted by Crippen LogP contribution is -2.43. The molecule has 3 N–H and O–H groups in total. The number of carbonyl (C=O) groups excluding carboxylic acids is 3. The molecule has 0 atom stereocenters. The molecule has 0 bridgehead atoms. The van der Waals surface area contributed by atoms with Gasteiger partial charge in [0, 0.05) is 48.8 Å². The standard InChI is InChI=1S/C23H25N9O4.CH4/c1-24-23(35)19-15(10-17(28-29-19)27-22(34)12-4-5-12)26-16-9-13(32-7-6-18(32)33)8-14(20(16)36-3)21-25-11-31(2)30-21;/h8-12H,4-7H2,1-3H3,(H,24,35)(H2,26,27,28,34);1H4/i1D3;. The number of aryl methyl sites for hydroxylation is 1. The van der Waals surface area contributed by atoms with E-state index in [4.69, 9.17) is 8.85 Å². The molecule has 0 radical (unpaired) electrons. The van der Waals surface area contributed by atoms with Gasteiger partial charge in [-0.2, -0.15) is 5.10 Å². The van der Waals surface area contributed by atoms with Crippen LogP contribution in [0.1, 0.15) is 41.3 Å². The number of nitrogens with zero attached hydrogens (tertiary/aromatic N) is 6. The number of amides is 3. The molecule has 1 saturated heterocycles. The smallest absolute Gasteiger partial charge is 0.273 e. The summed E-state index contributed by atoms with van der Waals surface area (Å²) in [6, 6.07) is 4.75. The van der Waals surface area contributed by atoms with Crippen molar-refractivity contribution in [2.45, 2.75) is 26.7 Å². The number of rotatable bonds is 8. The van der Waals surface area contributed by atoms with Gasteiger partial charge in [-0.05, 0) is 25.0 Å². The summed E-state index contributed by atoms with van der Waals surface area (Å²) in [6.07, 6.45) is 3.46. The van der Waals surface area contributed by atoms with Gasteiger partial charge in [-0.1, -0.05) is 7.43 Å². The maximum Gasteiger partial charge on any atom is 0.273 e. The molecule has 0 unspecified atom stereocenters. The Balaban J connectivity index is 0.00000370. The molecule has 13 heteroatoms. The van der Waals surface area contributed by atoms with Crippen LogP contribution in [0.3, 0.4) is 0 Å². The monoisotopic (exact) mass is 510 g/mol. The summed E-state index contributed by atoms with van der Waals surface area (Å²) in [6.45, 7) is -2.26. The van der Waals surface area contributed by atoms with Crippen molar-refractivity contribution in [3.05, 3.63) is 30.2 Å². The van der Waals surface area contributed by atoms with Crippen molar-refractivity contribution in [2.75, 3.05) is 36.2 Å². The van der Waals surface area contributed by atoms with Crippen LogP contribution in [0, 0.1) is 5.92 Å². The van der Waals surface area contributed by atoms with Crippen molar-refractivity contribution >= 4 is 40.6 Å². The molecule has 1 aromatic carbocycles. The average molecular weight is 511 g/mol. The zero-order valence-corrected chi connectivity index (χ0v) is 19.5. The Kier molecular flexibility index (Phi) is 5.99. The Labute approximate surface area is 217 Å². The number of ether oxygens (including phenoxy) is 1. The summed E-state index contributed by atoms with van der Waals surface area (Å²) in [5.41, 5.74) is 1.03. The molecule has 1 aliphatic heterocycles. The topological polar surface area (TPSA) is 156 Å². The second-order valence-electron chi connectivity index (χ2n) is 8.45. The lowest BCUT2D eigenvalue weighted by Gasteiger charge is -2.31. The SMILES string of the molecule is C.[2H]C([2H])([2H])NC(=O)c1nnc(NC(=O)C2CC2)cc1Nc1cc(N2CCC2=O)cc(-c2ncn(C)n2)c1OC. The lowest BCUT2D eigenvalue weighted by atomic mass is 10.1. The predicted octanol–water partition coefficient (Wildman–Crippen LogP) is 2.11. The maximum atomic E-state index is 12.8. The highest BCUT2D eigenvalue weighted by Crippen LogP contribution is 2.42. The van der Waals surface area contributed by atoms with Crippen molar-refractivity contribution in [2.24, 2.45) is 13.0 Å². The fourth-order valence-corrected chi connectivity index (χ4v) is 3.79. The van der Waals surface area contributed by atoms with Crippen LogP contribution in [0.25, 0.3) is 11.4 Å². The van der Waals surface area contributed by atoms with E-state index < -0.39 is 12.9 Å². The van der Waals surface area contributed by atoms with Crippen molar-refractivity contribution in [3.63, 3.8) is 0 Å². The van der Waals surface area contributed by atoms with Crippen LogP contribution < -0.4 is 25.6 Å². The van der Waals surface area contributed by atoms with E-state index in [1.165, 1.54) is 24.2 Å². The van der Waals surface area contributed by atoms with E-state index in [-0.39, 0.29) is 42.4 Å². The third-order valence-corrected chi connectivity index (χ3v) is 5.87. The Morgan fingerprint density at radius 2 is 2.00 bits per heavy atom. The van der Waals surface area contributed by atoms with Crippen LogP contribution in [0.2, 0.25) is 0 Å². The second kappa shape index (κ2) is 10.2. The van der Waals surface area contributed by atoms with Crippen molar-refractivity contribution in [1.82, 2.24) is 30.3 Å². The molecule has 2 fully saturated rings. The summed E-state index contributed by atoms with van der Waals surface area (Å²) < 4.78 is 29.4. The largest absolute Gasteiger partial charge is 0.494 e. The number of nitrogens with one attached hydrogen (secondary N) is 3. The van der Waals surface area contributed by atoms with Gasteiger partial charge in [0.25, 0.3) is 5.91 Å². The number of methoxy groups -OCH3 is 1. The van der Waals surface area contributed by atoms with E-state index in [0.717, 1.165) is 12.8 Å². The van der Waals surface area contributed by atoms with Crippen molar-refractivity contribution < 1.29 is 23.2 Å². The van der Waals surface area contributed by atoms with Gasteiger partial charge < -0.3 is 25.6 Å². The van der Waals surface area contributed by atoms with Gasteiger partial charge in [-0.3, -0.25) is 19.1 Å². The summed E-state index contributed by atoms with van der Waals surface area (Å²) in [7, 11) is 3.15. The molecule has 2 aliphatic rings. The minimum Gasteiger partial charge on any atom is -0.494 e. The molecule has 1 saturated carbocycles. The quantitative estimate of drug-likeness (QED) is 0.386. The number of hydrogen-bond donors (Lipinski definition) is 3. The zero-order chi connectivity index (χ0) is 27.9. The average Bonchev–Trinajstić information content (AvgIpc) is 3.62. The van der Waals surface area contributed by atoms with Crippen LogP contribution in [0.15, 0.2) is 24.5 Å². The van der Waals surface area contributed by atoms with Crippen molar-refractivity contribution in [1.29, 1.82) is 0 Å². The van der Waals surface area contributed by atoms with Gasteiger partial charge in [0.1, 0.15) is 6.33 Å². The van der Waals surface area contributed by atoms with Gasteiger partial charge in [-0.15, -0.1) is 10.2 Å². The van der Waals surface area contributed by atoms with Crippen LogP contribution >= 0.6 is 0 Å². The first-order valence-corrected chi connectivity index (χ1v) is 11.2. The van der Waals surface area contributed by atoms with Gasteiger partial charge >= 0.3 is 0 Å². The highest BCUT2D eigenvalue weighted by atomic mass is 16.5. The normalized spacial score (nSPS) is 15.9. The third kappa shape index (κ3) is 5.06. The molecule has 37 heavy (non-hydrogen) atoms. The van der Waals surface area contributed by atoms with Crippen LogP contribution in [-0.2, 0) is 16.6 Å². The molecule has 194 valence electrons. The molecule has 13 nitrogen and oxygen atoms in total. The highest BCUT2D eigenvalue weighted by Gasteiger charge is 2.31. The molecule has 2 aromatic heterocycles. The molecular weight excluding hydrogens is 478 g/mol. The fourth-order valence-electron chi connectivity index (χ4n) is 3.79. The summed E-state index contributed by atoms with van der Waals surface area (Å²) in [4.78, 5) is 43.3. The molecule has 5 rings (SSSR count). The van der Waals surface area contributed by atoms with Gasteiger partial charge in [0.2, 0.25) is 11.8 Å². The number of carbonyl (C=O) groups is 3. The first kappa shape index (κ1) is 21.7. The summed E-state index contributed by atoms with van der Waals surface area (Å²) in [5, 5.41) is 19.8. The van der Waals surface area contributed by atoms with E-state index in [1.54, 1.807) is 24.1 Å². The maximum absolute atomic E-state index is 12.8. The fraction of sp³-hybridized carbons (Fsp3) is 0.375. The highest BCUT2D eigenvalue weighted by molar-refractivity contribution is 6.02. The number of anilines is 4. The van der Waals surface area contributed by atoms with E-state index >= 15 is 0 Å². The molecule has 3 aromatic rings. The van der Waals surface area contributed by atoms with E-state index in [2.05, 4.69) is 30.9 Å². The third-order valence-electron chi connectivity index (χ3n) is 5.87. The minimum absolute atomic E-state index is 0. The van der Waals surface area contributed by atoms with Gasteiger partial charge in [0.15, 0.2) is 23.1 Å². The van der Waals surface area contributed by atoms with Crippen molar-refractivity contribution in [3.8, 4) is 17.1 Å². The molecule has 1 aliphatic carbocycles. The summed E-state index contributed by atoms with van der Waals surface area (Å²) >= 11 is 0. The number of benzene rings is 1. The number of hydrogen-bond acceptors (Lipinski definition) is 9. The molecule has 0 spiro atoms. The Bertz CT molecular complexity index is 1470. The first-order valence-electron chi connectivity index (χ1n) is 12.7.